The van der Waals surface area contributed by atoms with Crippen molar-refractivity contribution in [1.82, 2.24) is 0 Å². The van der Waals surface area contributed by atoms with Crippen molar-refractivity contribution in [3.05, 3.63) is 37.6 Å². The molecule has 0 amide bonds. The van der Waals surface area contributed by atoms with Crippen molar-refractivity contribution < 1.29 is 23.6 Å². The van der Waals surface area contributed by atoms with E-state index in [1.54, 1.807) is 20.8 Å². The van der Waals surface area contributed by atoms with Crippen molar-refractivity contribution in [1.29, 1.82) is 0 Å². The summed E-state index contributed by atoms with van der Waals surface area (Å²) in [5.41, 5.74) is -1.28. The zero-order valence-corrected chi connectivity index (χ0v) is 14.5. The van der Waals surface area contributed by atoms with E-state index in [9.17, 15) is 19.3 Å². The molecule has 1 aromatic carbocycles. The summed E-state index contributed by atoms with van der Waals surface area (Å²) in [6.07, 6.45) is -1.40. The summed E-state index contributed by atoms with van der Waals surface area (Å²) in [5.74, 6) is -1.62. The van der Waals surface area contributed by atoms with Gasteiger partial charge in [0.15, 0.2) is 6.10 Å². The minimum Gasteiger partial charge on any atom is -0.467 e. The Hall–Kier alpha value is -1.54. The van der Waals surface area contributed by atoms with E-state index in [0.29, 0.717) is 0 Å². The van der Waals surface area contributed by atoms with E-state index in [4.69, 9.17) is 4.74 Å². The Bertz CT molecular complexity index is 612. The van der Waals surface area contributed by atoms with Crippen LogP contribution in [-0.2, 0) is 14.3 Å². The second-order valence-corrected chi connectivity index (χ2v) is 6.48. The largest absolute Gasteiger partial charge is 0.467 e. The van der Waals surface area contributed by atoms with Crippen LogP contribution in [0.1, 0.15) is 38.0 Å². The zero-order valence-electron chi connectivity index (χ0n) is 12.9. The Balaban J connectivity index is 3.60. The molecule has 0 saturated carbocycles. The molecule has 0 fully saturated rings. The van der Waals surface area contributed by atoms with E-state index < -0.39 is 28.4 Å². The highest BCUT2D eigenvalue weighted by Gasteiger charge is 2.35. The Kier molecular flexibility index (Phi) is 5.64. The first kappa shape index (κ1) is 18.5. The van der Waals surface area contributed by atoms with E-state index in [1.165, 1.54) is 6.92 Å². The number of rotatable bonds is 4. The van der Waals surface area contributed by atoms with E-state index in [0.717, 1.165) is 13.2 Å². The molecular formula is C14H17BrFNO5. The topological polar surface area (TPSA) is 78.7 Å². The number of nitro benzene ring substituents is 1. The molecule has 1 unspecified atom stereocenters. The van der Waals surface area contributed by atoms with Crippen LogP contribution in [0, 0.1) is 22.9 Å². The third kappa shape index (κ3) is 4.01. The molecule has 0 spiro atoms. The summed E-state index contributed by atoms with van der Waals surface area (Å²) in [6.45, 7) is 6.42. The normalized spacial score (nSPS) is 12.9. The van der Waals surface area contributed by atoms with Gasteiger partial charge in [-0.3, -0.25) is 10.1 Å². The summed E-state index contributed by atoms with van der Waals surface area (Å²) in [7, 11) is 1.14. The average Bonchev–Trinajstić information content (AvgIpc) is 2.39. The molecule has 6 nitrogen and oxygen atoms in total. The highest BCUT2D eigenvalue weighted by molar-refractivity contribution is 9.10. The van der Waals surface area contributed by atoms with Crippen LogP contribution in [0.15, 0.2) is 10.5 Å². The monoisotopic (exact) mass is 377 g/mol. The molecule has 0 saturated heterocycles. The van der Waals surface area contributed by atoms with Gasteiger partial charge in [0.05, 0.1) is 22.1 Å². The third-order valence-corrected chi connectivity index (χ3v) is 3.42. The molecule has 0 radical (unpaired) electrons. The highest BCUT2D eigenvalue weighted by atomic mass is 79.9. The number of carbonyl (C=O) groups excluding carboxylic acids is 1. The number of benzene rings is 1. The molecule has 1 rings (SSSR count). The second kappa shape index (κ2) is 6.70. The number of carbonyl (C=O) groups is 1. The zero-order chi connectivity index (χ0) is 17.2. The SMILES string of the molecule is COC(=O)C(OC(C)(C)C)c1c(C)c([N+](=O)[O-])cc(Br)c1F. The Morgan fingerprint density at radius 2 is 2.00 bits per heavy atom. The number of halogens is 2. The van der Waals surface area contributed by atoms with E-state index in [1.807, 2.05) is 0 Å². The van der Waals surface area contributed by atoms with E-state index >= 15 is 0 Å². The van der Waals surface area contributed by atoms with Crippen LogP contribution < -0.4 is 0 Å². The number of hydrogen-bond donors (Lipinski definition) is 0. The minimum atomic E-state index is -1.40. The highest BCUT2D eigenvalue weighted by Crippen LogP contribution is 2.37. The molecule has 0 aliphatic rings. The molecule has 0 aliphatic heterocycles. The van der Waals surface area contributed by atoms with Crippen LogP contribution in [0.2, 0.25) is 0 Å². The summed E-state index contributed by atoms with van der Waals surface area (Å²) < 4.78 is 24.6. The maximum absolute atomic E-state index is 14.5. The molecule has 0 aliphatic carbocycles. The molecule has 122 valence electrons. The molecular weight excluding hydrogens is 361 g/mol. The second-order valence-electron chi connectivity index (χ2n) is 5.62. The van der Waals surface area contributed by atoms with Gasteiger partial charge in [-0.2, -0.15) is 0 Å². The Morgan fingerprint density at radius 3 is 2.41 bits per heavy atom. The predicted octanol–water partition coefficient (Wildman–Crippen LogP) is 3.83. The van der Waals surface area contributed by atoms with Crippen LogP contribution in [0.4, 0.5) is 10.1 Å². The summed E-state index contributed by atoms with van der Waals surface area (Å²) in [5, 5.41) is 11.1. The fourth-order valence-electron chi connectivity index (χ4n) is 1.91. The predicted molar refractivity (Wildman–Crippen MR) is 81.1 cm³/mol. The lowest BCUT2D eigenvalue weighted by atomic mass is 9.99. The number of methoxy groups -OCH3 is 1. The number of esters is 1. The number of ether oxygens (including phenoxy) is 2. The average molecular weight is 378 g/mol. The van der Waals surface area contributed by atoms with Gasteiger partial charge in [-0.15, -0.1) is 0 Å². The van der Waals surface area contributed by atoms with Gasteiger partial charge in [-0.05, 0) is 43.6 Å². The van der Waals surface area contributed by atoms with Crippen LogP contribution in [0.25, 0.3) is 0 Å². The van der Waals surface area contributed by atoms with Crippen LogP contribution in [0.5, 0.6) is 0 Å². The minimum absolute atomic E-state index is 0.0188. The standard InChI is InChI=1S/C14H17BrFNO5/c1-7-9(17(19)20)6-8(15)11(16)10(7)12(13(18)21-5)22-14(2,3)4/h6,12H,1-5H3. The van der Waals surface area contributed by atoms with Gasteiger partial charge in [-0.1, -0.05) is 0 Å². The molecule has 0 N–H and O–H groups in total. The summed E-state index contributed by atoms with van der Waals surface area (Å²) >= 11 is 2.93. The first-order valence-corrected chi connectivity index (χ1v) is 7.17. The van der Waals surface area contributed by atoms with Crippen molar-refractivity contribution in [2.24, 2.45) is 0 Å². The van der Waals surface area contributed by atoms with Gasteiger partial charge in [0.1, 0.15) is 5.82 Å². The first-order chi connectivity index (χ1) is 9.99. The Morgan fingerprint density at radius 1 is 1.45 bits per heavy atom. The van der Waals surface area contributed by atoms with Crippen LogP contribution in [0.3, 0.4) is 0 Å². The maximum Gasteiger partial charge on any atom is 0.339 e. The lowest BCUT2D eigenvalue weighted by molar-refractivity contribution is -0.385. The smallest absolute Gasteiger partial charge is 0.339 e. The molecule has 1 atom stereocenters. The van der Waals surface area contributed by atoms with Gasteiger partial charge in [0.25, 0.3) is 5.69 Å². The quantitative estimate of drug-likeness (QED) is 0.452. The molecule has 0 bridgehead atoms. The molecule has 8 heteroatoms. The van der Waals surface area contributed by atoms with Crippen molar-refractivity contribution in [2.45, 2.75) is 39.4 Å². The number of nitrogens with zero attached hydrogens (tertiary/aromatic N) is 1. The number of nitro groups is 1. The molecule has 1 aromatic rings. The van der Waals surface area contributed by atoms with Gasteiger partial charge in [0, 0.05) is 17.2 Å². The molecule has 0 heterocycles. The summed E-state index contributed by atoms with van der Waals surface area (Å²) in [4.78, 5) is 22.4. The molecule has 0 aromatic heterocycles. The summed E-state index contributed by atoms with van der Waals surface area (Å²) in [6, 6.07) is 1.06. The fraction of sp³-hybridized carbons (Fsp3) is 0.500. The van der Waals surface area contributed by atoms with Crippen LogP contribution in [-0.4, -0.2) is 23.6 Å². The van der Waals surface area contributed by atoms with E-state index in [2.05, 4.69) is 20.7 Å². The third-order valence-electron chi connectivity index (χ3n) is 2.84. The van der Waals surface area contributed by atoms with Crippen molar-refractivity contribution >= 4 is 27.6 Å². The lowest BCUT2D eigenvalue weighted by Crippen LogP contribution is -2.29. The van der Waals surface area contributed by atoms with Crippen molar-refractivity contribution in [3.63, 3.8) is 0 Å². The van der Waals surface area contributed by atoms with Crippen LogP contribution >= 0.6 is 15.9 Å². The van der Waals surface area contributed by atoms with E-state index in [-0.39, 0.29) is 21.3 Å². The van der Waals surface area contributed by atoms with Gasteiger partial charge in [0.2, 0.25) is 0 Å². The lowest BCUT2D eigenvalue weighted by Gasteiger charge is -2.27. The maximum atomic E-state index is 14.5. The van der Waals surface area contributed by atoms with Crippen molar-refractivity contribution in [2.75, 3.05) is 7.11 Å². The van der Waals surface area contributed by atoms with Gasteiger partial charge in [-0.25, -0.2) is 9.18 Å². The first-order valence-electron chi connectivity index (χ1n) is 6.38. The Labute approximate surface area is 135 Å². The molecule has 22 heavy (non-hydrogen) atoms. The van der Waals surface area contributed by atoms with Gasteiger partial charge >= 0.3 is 5.97 Å². The van der Waals surface area contributed by atoms with Crippen molar-refractivity contribution in [3.8, 4) is 0 Å². The van der Waals surface area contributed by atoms with Gasteiger partial charge < -0.3 is 9.47 Å². The number of hydrogen-bond acceptors (Lipinski definition) is 5. The fourth-order valence-corrected chi connectivity index (χ4v) is 2.34.